The van der Waals surface area contributed by atoms with E-state index < -0.39 is 62.2 Å². The highest BCUT2D eigenvalue weighted by Crippen LogP contribution is 2.42. The van der Waals surface area contributed by atoms with E-state index >= 15 is 0 Å². The van der Waals surface area contributed by atoms with Crippen molar-refractivity contribution in [3.05, 3.63) is 52.9 Å². The third-order valence-corrected chi connectivity index (χ3v) is 6.39. The van der Waals surface area contributed by atoms with E-state index in [1.807, 2.05) is 0 Å². The number of benzene rings is 1. The monoisotopic (exact) mass is 562 g/mol. The summed E-state index contributed by atoms with van der Waals surface area (Å²) in [6.45, 7) is 0.00134. The fourth-order valence-electron chi connectivity index (χ4n) is 4.10. The minimum absolute atomic E-state index is 0.0236. The lowest BCUT2D eigenvalue weighted by molar-refractivity contribution is -0.269. The maximum absolute atomic E-state index is 14.2. The van der Waals surface area contributed by atoms with Crippen LogP contribution in [-0.4, -0.2) is 72.3 Å². The van der Waals surface area contributed by atoms with Crippen molar-refractivity contribution in [1.82, 2.24) is 14.1 Å². The molecule has 0 saturated carbocycles. The Morgan fingerprint density at radius 1 is 1.14 bits per heavy atom. The lowest BCUT2D eigenvalue weighted by atomic mass is 9.89. The smallest absolute Gasteiger partial charge is 0.357 e. The van der Waals surface area contributed by atoms with Gasteiger partial charge < -0.3 is 10.5 Å². The first-order chi connectivity index (χ1) is 16.3. The Hall–Kier alpha value is -2.18. The molecule has 0 spiro atoms. The van der Waals surface area contributed by atoms with E-state index in [-0.39, 0.29) is 25.1 Å². The van der Waals surface area contributed by atoms with Gasteiger partial charge in [-0.25, -0.2) is 17.2 Å². The van der Waals surface area contributed by atoms with Gasteiger partial charge in [-0.1, -0.05) is 0 Å². The van der Waals surface area contributed by atoms with E-state index in [1.54, 1.807) is 0 Å². The molecule has 202 valence electrons. The highest BCUT2D eigenvalue weighted by Gasteiger charge is 2.54. The lowest BCUT2D eigenvalue weighted by Crippen LogP contribution is -2.58. The summed E-state index contributed by atoms with van der Waals surface area (Å²) in [4.78, 5) is 1.46. The Kier molecular flexibility index (Phi) is 7.84. The fraction of sp³-hybridized carbons (Fsp3) is 0.526. The van der Waals surface area contributed by atoms with Crippen LogP contribution in [0.15, 0.2) is 24.4 Å². The van der Waals surface area contributed by atoms with E-state index in [9.17, 15) is 38.8 Å². The van der Waals surface area contributed by atoms with Crippen molar-refractivity contribution in [3.8, 4) is 0 Å². The molecule has 36 heavy (non-hydrogen) atoms. The zero-order valence-electron chi connectivity index (χ0n) is 18.9. The van der Waals surface area contributed by atoms with E-state index in [1.165, 1.54) is 11.1 Å². The maximum atomic E-state index is 14.2. The van der Waals surface area contributed by atoms with Crippen molar-refractivity contribution in [2.75, 3.05) is 12.5 Å². The summed E-state index contributed by atoms with van der Waals surface area (Å²) in [5.74, 6) is -1.72. The van der Waals surface area contributed by atoms with E-state index in [0.29, 0.717) is 17.5 Å². The Bertz CT molecular complexity index is 1300. The molecule has 4 atom stereocenters. The standard InChI is InChI=1S/C18H19F5N4O3S.CH4O3S/c1-31(28,29)27-7-9-6-26(8-14(9)25-27)15-5-13(24)16(30-17(15)18(21,22)23)11-4-10(19)2-3-12(11)20;1-5(2,3)4/h2-4,7,13,15-17H,5-6,8,24H2,1H3;1H3,(H,2,3,4)/t13-,15+,16+,17-;/m0./s1. The normalized spacial score (nSPS) is 25.2. The summed E-state index contributed by atoms with van der Waals surface area (Å²) >= 11 is 0. The number of hydrogen-bond acceptors (Lipinski definition) is 8. The van der Waals surface area contributed by atoms with Gasteiger partial charge in [0, 0.05) is 42.5 Å². The molecule has 0 radical (unpaired) electrons. The van der Waals surface area contributed by atoms with Crippen LogP contribution in [0, 0.1) is 11.6 Å². The Balaban J connectivity index is 0.000000658. The van der Waals surface area contributed by atoms with Gasteiger partial charge in [0.05, 0.1) is 18.2 Å². The predicted molar refractivity (Wildman–Crippen MR) is 116 cm³/mol. The van der Waals surface area contributed by atoms with Gasteiger partial charge in [0.25, 0.3) is 20.1 Å². The van der Waals surface area contributed by atoms with E-state index in [0.717, 1.165) is 28.5 Å². The number of nitrogens with two attached hydrogens (primary N) is 1. The first-order valence-corrected chi connectivity index (χ1v) is 13.9. The first-order valence-electron chi connectivity index (χ1n) is 10.2. The number of halogens is 5. The molecular weight excluding hydrogens is 539 g/mol. The van der Waals surface area contributed by atoms with Crippen molar-refractivity contribution < 1.29 is 48.1 Å². The van der Waals surface area contributed by atoms with Crippen LogP contribution < -0.4 is 5.73 Å². The van der Waals surface area contributed by atoms with Gasteiger partial charge in [-0.2, -0.15) is 30.8 Å². The number of fused-ring (bicyclic) bond motifs is 1. The second-order valence-electron chi connectivity index (χ2n) is 8.53. The van der Waals surface area contributed by atoms with Crippen molar-refractivity contribution in [2.45, 2.75) is 50.0 Å². The van der Waals surface area contributed by atoms with Crippen LogP contribution in [0.25, 0.3) is 0 Å². The molecule has 2 aliphatic rings. The molecule has 1 aromatic heterocycles. The highest BCUT2D eigenvalue weighted by molar-refractivity contribution is 7.89. The van der Waals surface area contributed by atoms with E-state index in [2.05, 4.69) is 5.10 Å². The molecule has 3 heterocycles. The summed E-state index contributed by atoms with van der Waals surface area (Å²) in [7, 11) is -7.28. The van der Waals surface area contributed by atoms with Gasteiger partial charge in [-0.15, -0.1) is 0 Å². The summed E-state index contributed by atoms with van der Waals surface area (Å²) in [6.07, 6.45) is -5.81. The SMILES string of the molecule is CS(=O)(=O)O.CS(=O)(=O)n1cc2c(n1)CN([C@@H]1C[C@H](N)[C@@H](c3cc(F)ccc3F)O[C@@H]1C(F)(F)F)C2. The molecule has 1 saturated heterocycles. The number of ether oxygens (including phenoxy) is 1. The molecule has 0 aliphatic carbocycles. The number of aromatic nitrogens is 2. The molecular formula is C19H23F5N4O6S2. The topological polar surface area (TPSA) is 145 Å². The molecule has 0 unspecified atom stereocenters. The van der Waals surface area contributed by atoms with Crippen molar-refractivity contribution >= 4 is 20.1 Å². The quantitative estimate of drug-likeness (QED) is 0.421. The number of hydrogen-bond donors (Lipinski definition) is 2. The number of alkyl halides is 3. The zero-order valence-corrected chi connectivity index (χ0v) is 20.5. The molecule has 3 N–H and O–H groups in total. The van der Waals surface area contributed by atoms with Crippen LogP contribution in [-0.2, 0) is 38.0 Å². The van der Waals surface area contributed by atoms with Crippen LogP contribution >= 0.6 is 0 Å². The van der Waals surface area contributed by atoms with Crippen LogP contribution in [0.3, 0.4) is 0 Å². The number of rotatable bonds is 3. The van der Waals surface area contributed by atoms with Crippen molar-refractivity contribution in [1.29, 1.82) is 0 Å². The minimum atomic E-state index is -4.79. The van der Waals surface area contributed by atoms with Gasteiger partial charge in [-0.3, -0.25) is 9.45 Å². The second-order valence-corrected chi connectivity index (χ2v) is 11.8. The first kappa shape index (κ1) is 28.4. The maximum Gasteiger partial charge on any atom is 0.416 e. The molecule has 1 aromatic carbocycles. The van der Waals surface area contributed by atoms with Crippen LogP contribution in [0.2, 0.25) is 0 Å². The fourth-order valence-corrected chi connectivity index (χ4v) is 4.67. The molecule has 0 amide bonds. The summed E-state index contributed by atoms with van der Waals surface area (Å²) < 4.78 is 124. The highest BCUT2D eigenvalue weighted by atomic mass is 32.2. The molecule has 0 bridgehead atoms. The second kappa shape index (κ2) is 9.94. The third kappa shape index (κ3) is 6.77. The minimum Gasteiger partial charge on any atom is -0.357 e. The van der Waals surface area contributed by atoms with Crippen molar-refractivity contribution in [2.24, 2.45) is 5.73 Å². The van der Waals surface area contributed by atoms with Gasteiger partial charge in [0.1, 0.15) is 17.7 Å². The predicted octanol–water partition coefficient (Wildman–Crippen LogP) is 1.58. The molecule has 4 rings (SSSR count). The van der Waals surface area contributed by atoms with Gasteiger partial charge in [-0.05, 0) is 24.6 Å². The van der Waals surface area contributed by atoms with Crippen LogP contribution in [0.5, 0.6) is 0 Å². The number of nitrogens with zero attached hydrogens (tertiary/aromatic N) is 3. The largest absolute Gasteiger partial charge is 0.416 e. The third-order valence-electron chi connectivity index (χ3n) is 5.52. The zero-order chi connectivity index (χ0) is 27.2. The summed E-state index contributed by atoms with van der Waals surface area (Å²) in [5, 5.41) is 3.94. The van der Waals surface area contributed by atoms with Gasteiger partial charge in [0.2, 0.25) is 0 Å². The van der Waals surface area contributed by atoms with Crippen molar-refractivity contribution in [3.63, 3.8) is 0 Å². The summed E-state index contributed by atoms with van der Waals surface area (Å²) in [6, 6.07) is 0.226. The Morgan fingerprint density at radius 3 is 2.28 bits per heavy atom. The summed E-state index contributed by atoms with van der Waals surface area (Å²) in [5.41, 5.74) is 6.51. The lowest BCUT2D eigenvalue weighted by Gasteiger charge is -2.44. The average molecular weight is 563 g/mol. The van der Waals surface area contributed by atoms with Crippen LogP contribution in [0.4, 0.5) is 22.0 Å². The molecule has 2 aromatic rings. The average Bonchev–Trinajstić information content (AvgIpc) is 3.27. The Morgan fingerprint density at radius 2 is 1.75 bits per heavy atom. The van der Waals surface area contributed by atoms with E-state index in [4.69, 9.17) is 15.0 Å². The van der Waals surface area contributed by atoms with Gasteiger partial charge in [0.15, 0.2) is 6.10 Å². The molecule has 1 fully saturated rings. The molecule has 2 aliphatic heterocycles. The van der Waals surface area contributed by atoms with Crippen LogP contribution in [0.1, 0.15) is 29.3 Å². The van der Waals surface area contributed by atoms with Gasteiger partial charge >= 0.3 is 6.18 Å². The Labute approximate surface area is 203 Å². The molecule has 17 heteroatoms. The molecule has 10 nitrogen and oxygen atoms in total.